The predicted octanol–water partition coefficient (Wildman–Crippen LogP) is 3.93. The number of hydrogen-bond acceptors (Lipinski definition) is 5. The summed E-state index contributed by atoms with van der Waals surface area (Å²) < 4.78 is 77.3. The van der Waals surface area contributed by atoms with Crippen LogP contribution in [0.1, 0.15) is 31.5 Å². The van der Waals surface area contributed by atoms with Crippen LogP contribution < -0.4 is 16.4 Å². The van der Waals surface area contributed by atoms with Gasteiger partial charge in [-0.25, -0.2) is 0 Å². The average molecular weight is 508 g/mol. The third-order valence-electron chi connectivity index (χ3n) is 4.85. The van der Waals surface area contributed by atoms with Gasteiger partial charge in [-0.1, -0.05) is 25.1 Å². The van der Waals surface area contributed by atoms with Crippen molar-refractivity contribution in [2.24, 2.45) is 5.73 Å². The van der Waals surface area contributed by atoms with Crippen LogP contribution in [0.3, 0.4) is 0 Å². The predicted molar refractivity (Wildman–Crippen MR) is 123 cm³/mol. The number of amides is 1. The summed E-state index contributed by atoms with van der Waals surface area (Å²) in [5.41, 5.74) is 5.38. The first kappa shape index (κ1) is 30.2. The number of carbonyl (C=O) groups excluding carboxylic acids is 1. The molecule has 0 aromatic carbocycles. The molecule has 1 aromatic rings. The van der Waals surface area contributed by atoms with Crippen molar-refractivity contribution in [3.63, 3.8) is 0 Å². The van der Waals surface area contributed by atoms with Gasteiger partial charge in [0.05, 0.1) is 12.2 Å². The maximum Gasteiger partial charge on any atom is 0.422 e. The van der Waals surface area contributed by atoms with Crippen molar-refractivity contribution in [2.45, 2.75) is 39.2 Å². The van der Waals surface area contributed by atoms with Gasteiger partial charge in [-0.3, -0.25) is 14.7 Å². The van der Waals surface area contributed by atoms with Crippen LogP contribution in [-0.2, 0) is 11.3 Å². The highest BCUT2D eigenvalue weighted by atomic mass is 19.4. The lowest BCUT2D eigenvalue weighted by atomic mass is 10.0. The zero-order valence-corrected chi connectivity index (χ0v) is 19.9. The second-order valence-corrected chi connectivity index (χ2v) is 7.68. The number of likely N-dealkylation sites (N-methyl/N-ethyl adjacent to an activating group) is 1. The van der Waals surface area contributed by atoms with Gasteiger partial charge in [0, 0.05) is 39.4 Å². The Morgan fingerprint density at radius 1 is 1.20 bits per heavy atom. The lowest BCUT2D eigenvalue weighted by Gasteiger charge is -2.23. The molecule has 0 radical (unpaired) electrons. The van der Waals surface area contributed by atoms with E-state index < -0.39 is 30.4 Å². The van der Waals surface area contributed by atoms with E-state index >= 15 is 0 Å². The maximum absolute atomic E-state index is 13.4. The molecular formula is C23H31F6N5O. The Balaban J connectivity index is 3.08. The molecule has 0 spiro atoms. The molecular weight excluding hydrogens is 476 g/mol. The van der Waals surface area contributed by atoms with E-state index in [1.165, 1.54) is 18.5 Å². The van der Waals surface area contributed by atoms with Crippen LogP contribution in [0.25, 0.3) is 5.57 Å². The molecule has 0 bridgehead atoms. The van der Waals surface area contributed by atoms with Gasteiger partial charge >= 0.3 is 12.4 Å². The topological polar surface area (TPSA) is 83.3 Å². The van der Waals surface area contributed by atoms with Crippen molar-refractivity contribution in [1.29, 1.82) is 0 Å². The summed E-state index contributed by atoms with van der Waals surface area (Å²) in [5, 5.41) is 4.32. The Hall–Kier alpha value is -2.86. The van der Waals surface area contributed by atoms with E-state index in [1.54, 1.807) is 6.07 Å². The van der Waals surface area contributed by atoms with Crippen molar-refractivity contribution in [2.75, 3.05) is 33.2 Å². The zero-order valence-electron chi connectivity index (χ0n) is 19.9. The molecule has 0 atom stereocenters. The Morgan fingerprint density at radius 3 is 2.37 bits per heavy atom. The number of alkyl halides is 6. The summed E-state index contributed by atoms with van der Waals surface area (Å²) in [6.07, 6.45) is -1.90. The summed E-state index contributed by atoms with van der Waals surface area (Å²) in [5.74, 6) is -1.26. The monoisotopic (exact) mass is 507 g/mol. The van der Waals surface area contributed by atoms with E-state index in [4.69, 9.17) is 5.73 Å². The van der Waals surface area contributed by atoms with Gasteiger partial charge in [-0.2, -0.15) is 26.3 Å². The molecule has 0 fully saturated rings. The molecule has 6 nitrogen and oxygen atoms in total. The first-order valence-electron chi connectivity index (χ1n) is 10.8. The largest absolute Gasteiger partial charge is 0.422 e. The molecule has 0 saturated heterocycles. The number of nitrogens with two attached hydrogens (primary N) is 1. The van der Waals surface area contributed by atoms with Crippen molar-refractivity contribution < 1.29 is 31.1 Å². The number of pyridine rings is 1. The molecule has 1 aromatic heterocycles. The van der Waals surface area contributed by atoms with E-state index in [9.17, 15) is 31.1 Å². The maximum atomic E-state index is 13.4. The number of nitrogens with one attached hydrogen (secondary N) is 2. The van der Waals surface area contributed by atoms with Crippen molar-refractivity contribution in [3.8, 4) is 0 Å². The van der Waals surface area contributed by atoms with Crippen LogP contribution in [-0.4, -0.2) is 61.4 Å². The highest BCUT2D eigenvalue weighted by Gasteiger charge is 2.40. The SMILES string of the molecule is CC/C=C\C(=C/N)CN(CCNCC(F)(F)F)Cc1ccc(/C(C)=C(\C(=O)NC)C(F)(F)F)nc1. The Morgan fingerprint density at radius 2 is 1.89 bits per heavy atom. The fourth-order valence-corrected chi connectivity index (χ4v) is 3.13. The summed E-state index contributed by atoms with van der Waals surface area (Å²) in [4.78, 5) is 17.7. The molecule has 1 rings (SSSR count). The van der Waals surface area contributed by atoms with E-state index in [0.29, 0.717) is 12.1 Å². The fraction of sp³-hybridized carbons (Fsp3) is 0.478. The quantitative estimate of drug-likeness (QED) is 0.173. The third kappa shape index (κ3) is 11.0. The Bertz CT molecular complexity index is 904. The Labute approximate surface area is 201 Å². The van der Waals surface area contributed by atoms with Crippen LogP contribution >= 0.6 is 0 Å². The Kier molecular flexibility index (Phi) is 12.0. The number of rotatable bonds is 12. The van der Waals surface area contributed by atoms with Gasteiger partial charge in [0.25, 0.3) is 5.91 Å². The van der Waals surface area contributed by atoms with E-state index in [-0.39, 0.29) is 30.9 Å². The lowest BCUT2D eigenvalue weighted by molar-refractivity contribution is -0.130. The fourth-order valence-electron chi connectivity index (χ4n) is 3.13. The molecule has 0 saturated carbocycles. The second-order valence-electron chi connectivity index (χ2n) is 7.68. The molecule has 12 heteroatoms. The smallest absolute Gasteiger partial charge is 0.404 e. The van der Waals surface area contributed by atoms with Crippen molar-refractivity contribution >= 4 is 11.5 Å². The number of hydrogen-bond donors (Lipinski definition) is 3. The van der Waals surface area contributed by atoms with Crippen LogP contribution in [0.4, 0.5) is 26.3 Å². The lowest BCUT2D eigenvalue weighted by Crippen LogP contribution is -2.37. The normalized spacial score (nSPS) is 13.9. The zero-order chi connectivity index (χ0) is 26.6. The van der Waals surface area contributed by atoms with Gasteiger partial charge in [0.2, 0.25) is 0 Å². The summed E-state index contributed by atoms with van der Waals surface area (Å²) in [6, 6.07) is 2.93. The minimum absolute atomic E-state index is 0.0171. The van der Waals surface area contributed by atoms with E-state index in [2.05, 4.69) is 10.3 Å². The number of aromatic nitrogens is 1. The minimum Gasteiger partial charge on any atom is -0.404 e. The second kappa shape index (κ2) is 13.9. The molecule has 1 amide bonds. The average Bonchev–Trinajstić information content (AvgIpc) is 2.77. The molecule has 196 valence electrons. The molecule has 35 heavy (non-hydrogen) atoms. The summed E-state index contributed by atoms with van der Waals surface area (Å²) in [6.45, 7) is 2.91. The van der Waals surface area contributed by atoms with Gasteiger partial charge in [-0.15, -0.1) is 0 Å². The summed E-state index contributed by atoms with van der Waals surface area (Å²) >= 11 is 0. The van der Waals surface area contributed by atoms with E-state index in [0.717, 1.165) is 26.0 Å². The molecule has 4 N–H and O–H groups in total. The minimum atomic E-state index is -4.86. The van der Waals surface area contributed by atoms with Gasteiger partial charge in [0.15, 0.2) is 0 Å². The van der Waals surface area contributed by atoms with Crippen LogP contribution in [0, 0.1) is 0 Å². The number of nitrogens with zero attached hydrogens (tertiary/aromatic N) is 2. The molecule has 0 aliphatic carbocycles. The standard InChI is InChI=1S/C23H31F6N5O/c1-4-5-6-17(11-30)13-34(10-9-32-15-22(24,25)26)14-18-7-8-19(33-12-18)16(2)20(21(35)31-3)23(27,28)29/h5-8,11-12,32H,4,9-10,13-15,30H2,1-3H3,(H,31,35)/b6-5-,17-11+,20-16+. The van der Waals surface area contributed by atoms with E-state index in [1.807, 2.05) is 29.3 Å². The van der Waals surface area contributed by atoms with Crippen LogP contribution in [0.15, 0.2) is 47.8 Å². The van der Waals surface area contributed by atoms with Crippen molar-refractivity contribution in [1.82, 2.24) is 20.5 Å². The first-order valence-corrected chi connectivity index (χ1v) is 10.8. The van der Waals surface area contributed by atoms with Crippen molar-refractivity contribution in [3.05, 3.63) is 59.1 Å². The summed E-state index contributed by atoms with van der Waals surface area (Å²) in [7, 11) is 1.11. The molecule has 0 aliphatic heterocycles. The number of carbonyl (C=O) groups is 1. The molecule has 1 heterocycles. The highest BCUT2D eigenvalue weighted by molar-refractivity contribution is 6.01. The molecule has 0 aliphatic rings. The first-order chi connectivity index (χ1) is 16.3. The number of halogens is 6. The van der Waals surface area contributed by atoms with Gasteiger partial charge in [0.1, 0.15) is 5.57 Å². The van der Waals surface area contributed by atoms with Gasteiger partial charge < -0.3 is 16.4 Å². The third-order valence-corrected chi connectivity index (χ3v) is 4.85. The number of allylic oxidation sites excluding steroid dienone is 2. The van der Waals surface area contributed by atoms with Gasteiger partial charge in [-0.05, 0) is 42.3 Å². The molecule has 0 unspecified atom stereocenters. The highest BCUT2D eigenvalue weighted by Crippen LogP contribution is 2.32. The van der Waals surface area contributed by atoms with Crippen LogP contribution in [0.2, 0.25) is 0 Å². The van der Waals surface area contributed by atoms with Crippen LogP contribution in [0.5, 0.6) is 0 Å².